The van der Waals surface area contributed by atoms with E-state index in [0.29, 0.717) is 24.8 Å². The van der Waals surface area contributed by atoms with Gasteiger partial charge in [0.25, 0.3) is 0 Å². The number of para-hydroxylation sites is 1. The normalized spacial score (nSPS) is 15.7. The van der Waals surface area contributed by atoms with Gasteiger partial charge in [-0.2, -0.15) is 13.2 Å². The van der Waals surface area contributed by atoms with Crippen LogP contribution in [0.25, 0.3) is 10.9 Å². The molecule has 4 rings (SSSR count). The number of aliphatic hydroxyl groups excluding tert-OH is 1. The summed E-state index contributed by atoms with van der Waals surface area (Å²) in [5.41, 5.74) is 3.71. The lowest BCUT2D eigenvalue weighted by Gasteiger charge is -2.21. The van der Waals surface area contributed by atoms with Crippen molar-refractivity contribution < 1.29 is 37.7 Å². The molecule has 2 heterocycles. The zero-order valence-electron chi connectivity index (χ0n) is 21.2. The van der Waals surface area contributed by atoms with Crippen molar-refractivity contribution in [3.8, 4) is 0 Å². The van der Waals surface area contributed by atoms with Crippen molar-refractivity contribution in [2.45, 2.75) is 44.5 Å². The molecule has 0 radical (unpaired) electrons. The highest BCUT2D eigenvalue weighted by molar-refractivity contribution is 6.30. The Labute approximate surface area is 228 Å². The van der Waals surface area contributed by atoms with Crippen molar-refractivity contribution in [1.82, 2.24) is 10.3 Å². The molecule has 1 amide bonds. The van der Waals surface area contributed by atoms with Crippen LogP contribution in [-0.2, 0) is 20.7 Å². The first kappa shape index (κ1) is 30.4. The molecule has 39 heavy (non-hydrogen) atoms. The van der Waals surface area contributed by atoms with Crippen LogP contribution in [0.5, 0.6) is 0 Å². The highest BCUT2D eigenvalue weighted by Gasteiger charge is 2.38. The lowest BCUT2D eigenvalue weighted by molar-refractivity contribution is -0.192. The molecule has 212 valence electrons. The summed E-state index contributed by atoms with van der Waals surface area (Å²) in [5.74, 6) is -2.70. The van der Waals surface area contributed by atoms with Gasteiger partial charge in [0.05, 0.1) is 17.3 Å². The Hall–Kier alpha value is -3.12. The molecule has 0 spiro atoms. The van der Waals surface area contributed by atoms with Crippen molar-refractivity contribution in [2.24, 2.45) is 5.92 Å². The molecule has 8 nitrogen and oxygen atoms in total. The lowest BCUT2D eigenvalue weighted by atomic mass is 9.99. The molecule has 1 aliphatic rings. The van der Waals surface area contributed by atoms with Gasteiger partial charge >= 0.3 is 12.1 Å². The molecule has 0 saturated carbocycles. The van der Waals surface area contributed by atoms with Crippen molar-refractivity contribution in [3.63, 3.8) is 0 Å². The van der Waals surface area contributed by atoms with E-state index in [2.05, 4.69) is 28.6 Å². The summed E-state index contributed by atoms with van der Waals surface area (Å²) in [6, 6.07) is 13.4. The fourth-order valence-electron chi connectivity index (χ4n) is 4.23. The van der Waals surface area contributed by atoms with Gasteiger partial charge < -0.3 is 30.6 Å². The molecule has 3 aromatic rings. The predicted octanol–water partition coefficient (Wildman–Crippen LogP) is 5.07. The summed E-state index contributed by atoms with van der Waals surface area (Å²) in [4.78, 5) is 24.9. The van der Waals surface area contributed by atoms with Gasteiger partial charge in [-0.3, -0.25) is 4.79 Å². The number of hydrogen-bond donors (Lipinski definition) is 5. The van der Waals surface area contributed by atoms with Gasteiger partial charge in [-0.25, -0.2) is 4.79 Å². The average Bonchev–Trinajstić information content (AvgIpc) is 3.31. The summed E-state index contributed by atoms with van der Waals surface area (Å²) < 4.78 is 37.1. The number of rotatable bonds is 8. The number of hydrogen-bond acceptors (Lipinski definition) is 5. The SMILES string of the molecule is C[C@H](Cc1c[nH]c2c(NC(=O)C3CCOCC3)cccc12)NC[C@H](O)c1cccc(Cl)c1.O=C(O)C(F)(F)F. The number of carbonyl (C=O) groups excluding carboxylic acids is 1. The molecule has 2 aromatic carbocycles. The van der Waals surface area contributed by atoms with Crippen LogP contribution in [0.4, 0.5) is 18.9 Å². The molecule has 0 unspecified atom stereocenters. The third kappa shape index (κ3) is 8.96. The molecule has 0 bridgehead atoms. The number of carboxylic acid groups (broad SMARTS) is 1. The summed E-state index contributed by atoms with van der Waals surface area (Å²) in [6.45, 7) is 3.83. The number of halogens is 4. The maximum absolute atomic E-state index is 12.7. The van der Waals surface area contributed by atoms with Crippen LogP contribution in [0.15, 0.2) is 48.7 Å². The van der Waals surface area contributed by atoms with E-state index in [-0.39, 0.29) is 17.9 Å². The van der Waals surface area contributed by atoms with Gasteiger partial charge in [0, 0.05) is 48.3 Å². The number of carboxylic acids is 1. The van der Waals surface area contributed by atoms with Crippen LogP contribution in [0.1, 0.15) is 37.0 Å². The fraction of sp³-hybridized carbons (Fsp3) is 0.407. The average molecular weight is 570 g/mol. The minimum absolute atomic E-state index is 0.00332. The number of alkyl halides is 3. The summed E-state index contributed by atoms with van der Waals surface area (Å²) in [7, 11) is 0. The van der Waals surface area contributed by atoms with Crippen molar-refractivity contribution >= 4 is 40.1 Å². The highest BCUT2D eigenvalue weighted by Crippen LogP contribution is 2.28. The number of carbonyl (C=O) groups is 2. The molecule has 1 aromatic heterocycles. The molecule has 2 atom stereocenters. The molecule has 1 fully saturated rings. The molecule has 0 aliphatic carbocycles. The van der Waals surface area contributed by atoms with E-state index < -0.39 is 18.2 Å². The van der Waals surface area contributed by atoms with Crippen LogP contribution >= 0.6 is 11.6 Å². The molecule has 1 saturated heterocycles. The molecular weight excluding hydrogens is 539 g/mol. The third-order valence-electron chi connectivity index (χ3n) is 6.31. The van der Waals surface area contributed by atoms with Crippen LogP contribution in [-0.4, -0.2) is 59.1 Å². The zero-order valence-corrected chi connectivity index (χ0v) is 22.0. The number of fused-ring (bicyclic) bond motifs is 1. The monoisotopic (exact) mass is 569 g/mol. The number of ether oxygens (including phenoxy) is 1. The van der Waals surface area contributed by atoms with E-state index in [9.17, 15) is 23.1 Å². The predicted molar refractivity (Wildman–Crippen MR) is 142 cm³/mol. The number of aromatic amines is 1. The molecule has 1 aliphatic heterocycles. The van der Waals surface area contributed by atoms with Gasteiger partial charge in [-0.1, -0.05) is 35.9 Å². The van der Waals surface area contributed by atoms with E-state index >= 15 is 0 Å². The van der Waals surface area contributed by atoms with Gasteiger partial charge in [-0.15, -0.1) is 0 Å². The maximum Gasteiger partial charge on any atom is 0.490 e. The Balaban J connectivity index is 0.000000532. The second kappa shape index (κ2) is 13.8. The quantitative estimate of drug-likeness (QED) is 0.258. The van der Waals surface area contributed by atoms with Crippen molar-refractivity contribution in [1.29, 1.82) is 0 Å². The largest absolute Gasteiger partial charge is 0.490 e. The number of benzene rings is 2. The molecule has 12 heteroatoms. The lowest BCUT2D eigenvalue weighted by Crippen LogP contribution is -2.32. The highest BCUT2D eigenvalue weighted by atomic mass is 35.5. The van der Waals surface area contributed by atoms with E-state index in [4.69, 9.17) is 26.2 Å². The zero-order chi connectivity index (χ0) is 28.6. The summed E-state index contributed by atoms with van der Waals surface area (Å²) in [5, 5.41) is 25.8. The van der Waals surface area contributed by atoms with E-state index in [1.165, 1.54) is 5.56 Å². The number of H-pyrrole nitrogens is 1. The minimum atomic E-state index is -5.08. The topological polar surface area (TPSA) is 124 Å². The standard InChI is InChI=1S/C25H30ClN3O3.C2HF3O2/c1-16(27-15-23(30)18-4-2-5-20(26)13-18)12-19-14-28-24-21(19)6-3-7-22(24)29-25(31)17-8-10-32-11-9-17;3-2(4,5)1(6)7/h2-7,13-14,16-17,23,27-28,30H,8-12,15H2,1H3,(H,29,31);(H,6,7)/t16-,23+;/m1./s1. The Morgan fingerprint density at radius 3 is 2.49 bits per heavy atom. The first-order valence-electron chi connectivity index (χ1n) is 12.4. The minimum Gasteiger partial charge on any atom is -0.475 e. The van der Waals surface area contributed by atoms with Crippen LogP contribution in [0, 0.1) is 5.92 Å². The Morgan fingerprint density at radius 1 is 1.18 bits per heavy atom. The number of nitrogens with one attached hydrogen (secondary N) is 3. The molecule has 5 N–H and O–H groups in total. The third-order valence-corrected chi connectivity index (χ3v) is 6.55. The summed E-state index contributed by atoms with van der Waals surface area (Å²) in [6.07, 6.45) is -1.38. The second-order valence-electron chi connectivity index (χ2n) is 9.31. The Morgan fingerprint density at radius 2 is 1.85 bits per heavy atom. The number of aromatic nitrogens is 1. The smallest absolute Gasteiger partial charge is 0.475 e. The van der Waals surface area contributed by atoms with E-state index in [1.807, 2.05) is 30.5 Å². The van der Waals surface area contributed by atoms with Gasteiger partial charge in [0.2, 0.25) is 5.91 Å². The number of anilines is 1. The molecular formula is C27H31ClF3N3O5. The first-order chi connectivity index (χ1) is 18.5. The van der Waals surface area contributed by atoms with Gasteiger partial charge in [-0.05, 0) is 55.5 Å². The Bertz CT molecular complexity index is 1260. The van der Waals surface area contributed by atoms with Gasteiger partial charge in [0.1, 0.15) is 0 Å². The summed E-state index contributed by atoms with van der Waals surface area (Å²) >= 11 is 6.02. The van der Waals surface area contributed by atoms with E-state index in [1.54, 1.807) is 12.1 Å². The first-order valence-corrected chi connectivity index (χ1v) is 12.8. The van der Waals surface area contributed by atoms with Crippen LogP contribution in [0.2, 0.25) is 5.02 Å². The van der Waals surface area contributed by atoms with Crippen LogP contribution in [0.3, 0.4) is 0 Å². The van der Waals surface area contributed by atoms with E-state index in [0.717, 1.165) is 41.4 Å². The number of aliphatic hydroxyl groups is 1. The van der Waals surface area contributed by atoms with Crippen molar-refractivity contribution in [3.05, 3.63) is 64.8 Å². The Kier molecular flexibility index (Phi) is 10.8. The second-order valence-corrected chi connectivity index (χ2v) is 9.74. The maximum atomic E-state index is 12.7. The van der Waals surface area contributed by atoms with Gasteiger partial charge in [0.15, 0.2) is 0 Å². The number of amides is 1. The van der Waals surface area contributed by atoms with Crippen molar-refractivity contribution in [2.75, 3.05) is 25.1 Å². The number of aliphatic carboxylic acids is 1. The fourth-order valence-corrected chi connectivity index (χ4v) is 4.43. The van der Waals surface area contributed by atoms with Crippen LogP contribution < -0.4 is 10.6 Å².